The Morgan fingerprint density at radius 2 is 1.53 bits per heavy atom. The average Bonchev–Trinajstić information content (AvgIpc) is 3.37. The first kappa shape index (κ1) is 20.8. The third-order valence-electron chi connectivity index (χ3n) is 5.89. The minimum absolute atomic E-state index is 0.173. The molecule has 0 amide bonds. The Labute approximate surface area is 197 Å². The van der Waals surface area contributed by atoms with E-state index >= 15 is 0 Å². The Bertz CT molecular complexity index is 1760. The number of carbonyl (C=O) groups is 2. The van der Waals surface area contributed by atoms with Gasteiger partial charge in [-0.3, -0.25) is 19.1 Å². The van der Waals surface area contributed by atoms with E-state index < -0.39 is 16.0 Å². The predicted octanol–water partition coefficient (Wildman–Crippen LogP) is 4.92. The van der Waals surface area contributed by atoms with Crippen molar-refractivity contribution < 1.29 is 22.6 Å². The maximum absolute atomic E-state index is 12.8. The first-order chi connectivity index (χ1) is 16.3. The van der Waals surface area contributed by atoms with E-state index in [1.165, 1.54) is 23.5 Å². The number of carbonyl (C=O) groups excluding carboxylic acids is 2. The molecule has 0 radical (unpaired) electrons. The minimum atomic E-state index is -4.37. The highest BCUT2D eigenvalue weighted by molar-refractivity contribution is 7.86. The molecular formula is C25H14N2O5S2. The lowest BCUT2D eigenvalue weighted by Gasteiger charge is -2.08. The largest absolute Gasteiger partial charge is 0.296 e. The zero-order valence-corrected chi connectivity index (χ0v) is 18.9. The summed E-state index contributed by atoms with van der Waals surface area (Å²) < 4.78 is 33.3. The minimum Gasteiger partial charge on any atom is -0.293 e. The van der Waals surface area contributed by atoms with E-state index in [1.54, 1.807) is 48.5 Å². The highest BCUT2D eigenvalue weighted by Crippen LogP contribution is 2.36. The summed E-state index contributed by atoms with van der Waals surface area (Å²) in [6, 6.07) is 20.3. The molecule has 166 valence electrons. The quantitative estimate of drug-likeness (QED) is 0.284. The number of aromatic nitrogens is 2. The van der Waals surface area contributed by atoms with Gasteiger partial charge in [0, 0.05) is 22.1 Å². The van der Waals surface area contributed by atoms with Gasteiger partial charge in [0.15, 0.2) is 11.6 Å². The highest BCUT2D eigenvalue weighted by Gasteiger charge is 2.40. The molecule has 9 heteroatoms. The Hall–Kier alpha value is -3.79. The van der Waals surface area contributed by atoms with Crippen LogP contribution in [0.2, 0.25) is 0 Å². The van der Waals surface area contributed by atoms with E-state index in [1.807, 2.05) is 12.1 Å². The maximum Gasteiger partial charge on any atom is 0.296 e. The van der Waals surface area contributed by atoms with Crippen LogP contribution >= 0.6 is 11.3 Å². The maximum atomic E-state index is 12.8. The van der Waals surface area contributed by atoms with E-state index in [0.717, 1.165) is 10.9 Å². The number of benzene rings is 3. The van der Waals surface area contributed by atoms with Gasteiger partial charge in [-0.25, -0.2) is 4.98 Å². The molecule has 1 aliphatic carbocycles. The summed E-state index contributed by atoms with van der Waals surface area (Å²) in [6.45, 7) is 0. The summed E-state index contributed by atoms with van der Waals surface area (Å²) >= 11 is 1.17. The Kier molecular flexibility index (Phi) is 4.50. The number of rotatable bonds is 3. The number of ketones is 2. The molecule has 34 heavy (non-hydrogen) atoms. The lowest BCUT2D eigenvalue weighted by molar-refractivity contribution is 0.0888. The number of thiazole rings is 1. The fourth-order valence-electron chi connectivity index (χ4n) is 4.30. The zero-order valence-electron chi connectivity index (χ0n) is 17.3. The molecule has 0 saturated carbocycles. The van der Waals surface area contributed by atoms with Crippen molar-refractivity contribution in [1.82, 2.24) is 9.97 Å². The lowest BCUT2D eigenvalue weighted by atomic mass is 9.98. The number of nitrogens with zero attached hydrogens (tertiary/aromatic N) is 2. The highest BCUT2D eigenvalue weighted by atomic mass is 32.2. The molecule has 0 atom stereocenters. The van der Waals surface area contributed by atoms with Crippen molar-refractivity contribution in [3.63, 3.8) is 0 Å². The van der Waals surface area contributed by atoms with E-state index in [-0.39, 0.29) is 16.5 Å². The molecule has 0 fully saturated rings. The van der Waals surface area contributed by atoms with Crippen molar-refractivity contribution in [3.8, 4) is 10.6 Å². The van der Waals surface area contributed by atoms with E-state index in [4.69, 9.17) is 0 Å². The second-order valence-electron chi connectivity index (χ2n) is 7.95. The van der Waals surface area contributed by atoms with Crippen LogP contribution in [0.3, 0.4) is 0 Å². The van der Waals surface area contributed by atoms with Crippen LogP contribution in [0.5, 0.6) is 0 Å². The molecule has 0 saturated heterocycles. The van der Waals surface area contributed by atoms with Gasteiger partial charge in [-0.2, -0.15) is 8.42 Å². The van der Waals surface area contributed by atoms with Gasteiger partial charge < -0.3 is 0 Å². The van der Waals surface area contributed by atoms with Gasteiger partial charge in [-0.05, 0) is 36.4 Å². The molecule has 2 heterocycles. The first-order valence-electron chi connectivity index (χ1n) is 10.3. The molecule has 1 aliphatic rings. The van der Waals surface area contributed by atoms with E-state index in [0.29, 0.717) is 37.6 Å². The van der Waals surface area contributed by atoms with Gasteiger partial charge in [0.05, 0.1) is 21.4 Å². The molecule has 3 aromatic carbocycles. The van der Waals surface area contributed by atoms with Gasteiger partial charge in [-0.1, -0.05) is 36.4 Å². The molecule has 0 aliphatic heterocycles. The van der Waals surface area contributed by atoms with Crippen LogP contribution in [-0.4, -0.2) is 34.5 Å². The molecule has 0 bridgehead atoms. The van der Waals surface area contributed by atoms with Crippen LogP contribution in [0.1, 0.15) is 32.3 Å². The van der Waals surface area contributed by atoms with E-state index in [2.05, 4.69) is 9.97 Å². The molecule has 7 nitrogen and oxygen atoms in total. The second kappa shape index (κ2) is 7.36. The van der Waals surface area contributed by atoms with Crippen LogP contribution in [0.4, 0.5) is 0 Å². The molecular weight excluding hydrogens is 472 g/mol. The van der Waals surface area contributed by atoms with Gasteiger partial charge in [0.1, 0.15) is 15.8 Å². The number of hydrogen-bond donors (Lipinski definition) is 1. The summed E-state index contributed by atoms with van der Waals surface area (Å²) in [6.07, 6.45) is 0. The monoisotopic (exact) mass is 486 g/mol. The smallest absolute Gasteiger partial charge is 0.293 e. The van der Waals surface area contributed by atoms with Crippen molar-refractivity contribution in [2.75, 3.05) is 0 Å². The Morgan fingerprint density at radius 3 is 2.24 bits per heavy atom. The van der Waals surface area contributed by atoms with Crippen LogP contribution < -0.4 is 0 Å². The van der Waals surface area contributed by atoms with Crippen LogP contribution in [0.25, 0.3) is 31.7 Å². The zero-order chi connectivity index (χ0) is 23.6. The summed E-state index contributed by atoms with van der Waals surface area (Å²) in [5.41, 5.74) is 3.11. The third kappa shape index (κ3) is 3.17. The number of hydrogen-bond acceptors (Lipinski definition) is 7. The number of Topliss-reactive ketones (excluding diaryl/α,β-unsaturated/α-hetero) is 2. The fraction of sp³-hybridized carbons (Fsp3) is 0.0400. The van der Waals surface area contributed by atoms with Gasteiger partial charge in [0.25, 0.3) is 10.1 Å². The number of pyridine rings is 1. The molecule has 1 N–H and O–H groups in total. The lowest BCUT2D eigenvalue weighted by Crippen LogP contribution is -2.14. The molecule has 0 spiro atoms. The first-order valence-corrected chi connectivity index (χ1v) is 12.5. The predicted molar refractivity (Wildman–Crippen MR) is 128 cm³/mol. The van der Waals surface area contributed by atoms with Gasteiger partial charge in [-0.15, -0.1) is 11.3 Å². The fourth-order valence-corrected chi connectivity index (χ4v) is 6.30. The topological polar surface area (TPSA) is 114 Å². The van der Waals surface area contributed by atoms with Crippen molar-refractivity contribution in [2.45, 2.75) is 10.8 Å². The summed E-state index contributed by atoms with van der Waals surface area (Å²) in [5, 5.41) is 1.37. The van der Waals surface area contributed by atoms with Crippen molar-refractivity contribution in [1.29, 1.82) is 0 Å². The normalized spacial score (nSPS) is 14.3. The molecule has 5 aromatic rings. The van der Waals surface area contributed by atoms with Crippen molar-refractivity contribution in [3.05, 3.63) is 89.6 Å². The van der Waals surface area contributed by atoms with Crippen LogP contribution in [0.15, 0.2) is 77.7 Å². The SMILES string of the molecule is O=C1c2ccccc2C(=O)C1c1ccc2cc(-c3nc4cccc(S(=O)(=O)O)c4s3)ccc2n1. The summed E-state index contributed by atoms with van der Waals surface area (Å²) in [7, 11) is -4.37. The van der Waals surface area contributed by atoms with Crippen LogP contribution in [0, 0.1) is 0 Å². The van der Waals surface area contributed by atoms with Gasteiger partial charge in [0.2, 0.25) is 0 Å². The Morgan fingerprint density at radius 1 is 0.794 bits per heavy atom. The summed E-state index contributed by atoms with van der Waals surface area (Å²) in [4.78, 5) is 34.6. The molecule has 0 unspecified atom stereocenters. The number of fused-ring (bicyclic) bond motifs is 3. The van der Waals surface area contributed by atoms with Crippen molar-refractivity contribution >= 4 is 54.1 Å². The average molecular weight is 487 g/mol. The molecule has 6 rings (SSSR count). The van der Waals surface area contributed by atoms with Crippen molar-refractivity contribution in [2.24, 2.45) is 0 Å². The Balaban J connectivity index is 1.40. The van der Waals surface area contributed by atoms with Gasteiger partial charge >= 0.3 is 0 Å². The third-order valence-corrected chi connectivity index (χ3v) is 8.07. The standard InChI is InChI=1S/C25H14N2O5S2/c28-22-15-4-1-2-5-16(15)23(29)21(22)18-11-8-13-12-14(9-10-17(13)26-18)25-27-19-6-3-7-20(24(19)33-25)34(30,31)32/h1-12,21H,(H,30,31,32). The molecule has 2 aromatic heterocycles. The summed E-state index contributed by atoms with van der Waals surface area (Å²) in [5.74, 6) is -1.43. The van der Waals surface area contributed by atoms with E-state index in [9.17, 15) is 22.6 Å². The van der Waals surface area contributed by atoms with Crippen LogP contribution in [-0.2, 0) is 10.1 Å². The second-order valence-corrected chi connectivity index (χ2v) is 10.3.